The molecule has 0 fully saturated rings. The number of aliphatic carboxylic acids is 6. The number of amidine groups is 4. The molecule has 4 heterocycles. The number of nitrogens with one attached hydrogen (secondary N) is 7. The molecule has 8 aromatic rings. The Bertz CT molecular complexity index is 5180. The molecule has 3 unspecified atom stereocenters. The monoisotopic (exact) mass is 1780 g/mol. The van der Waals surface area contributed by atoms with Gasteiger partial charge in [-0.05, 0) is 165 Å². The number of rotatable bonds is 42. The van der Waals surface area contributed by atoms with Gasteiger partial charge in [0.2, 0.25) is 29.2 Å². The number of nitrogens with two attached hydrogens (primary N) is 4. The molecule has 3 amide bonds. The summed E-state index contributed by atoms with van der Waals surface area (Å²) in [6.45, 7) is 5.00. The molecule has 0 aliphatic carbocycles. The number of halogens is 1. The Morgan fingerprint density at radius 1 is 0.424 bits per heavy atom. The molecule has 44 heteroatoms. The normalized spacial score (nSPS) is 12.7. The molecule has 4 aromatic carbocycles. The Morgan fingerprint density at radius 3 is 1.15 bits per heavy atom. The second-order valence-electron chi connectivity index (χ2n) is 27.4. The predicted molar refractivity (Wildman–Crippen MR) is 438 cm³/mol. The standard InChI is InChI=1S/C22H25N3O8.C20H22FN3O7S.C20H23N3O7S.C19H20N2O8/c1-2-3-13(20(28)25-16(21(29)30)11-18(26)27)10-15-8-9-17(32-15)22(31)33-14-6-4-12(5-7-14)19(23)24;1-9(18(27)24-13(19(28)29)8-16(25)26)6-11-3-5-15(32-11)20(30)31-14-4-2-10(17(22)23)7-12(14)21;1-10(18(26)23-14(19(27)28)9-16(24)25)8-13-6-7-15(31-13)20(29)30-12-4-2-11(3-5-12)17(21)22;20-17(21)10-1-3-13(4-2-10)29-19(27)15-6-5-14(28-15)9-12(22)7-11(18(25)26)8-16(23)24/h4-9,13,16H,2-3,10-11H2,1H3,(H3,23,24)(H,25,28)(H,26,27)(H,29,30);2-5,7,9,13,19,28-29H,6,8H2,1H3,(H3,22,23)(H,24,27)(H,25,26);2-7,10,14,19,27-28H,8-9H2,1H3,(H3,21,22)(H,23,26)(H,24,25);1-6,11-12,22H,7-9H2,(H3,20,21)(H,23,24)(H,25,26)/t13?,16-;9?,13-;10?,14-;11-,12+/m1000/s1. The van der Waals surface area contributed by atoms with E-state index < -0.39 is 169 Å². The molecule has 8 rings (SSSR count). The van der Waals surface area contributed by atoms with E-state index in [2.05, 4.69) is 16.0 Å². The van der Waals surface area contributed by atoms with Crippen LogP contribution < -0.4 is 57.8 Å². The van der Waals surface area contributed by atoms with Crippen LogP contribution in [0.1, 0.15) is 150 Å². The first-order valence-electron chi connectivity index (χ1n) is 37.1. The van der Waals surface area contributed by atoms with Crippen LogP contribution in [0.15, 0.2) is 148 Å². The number of aliphatic hydroxyl groups excluding tert-OH is 3. The van der Waals surface area contributed by atoms with Crippen LogP contribution >= 0.6 is 22.7 Å². The fraction of sp³-hybridized carbons (Fsp3) is 0.296. The highest BCUT2D eigenvalue weighted by atomic mass is 32.1. The van der Waals surface area contributed by atoms with Crippen LogP contribution in [0.25, 0.3) is 0 Å². The summed E-state index contributed by atoms with van der Waals surface area (Å²) in [5.74, 6) is -16.6. The van der Waals surface area contributed by atoms with E-state index in [4.69, 9.17) is 103 Å². The molecule has 0 radical (unpaired) electrons. The van der Waals surface area contributed by atoms with Crippen LogP contribution in [-0.4, -0.2) is 194 Å². The number of aliphatic hydroxyl groups is 5. The molecule has 0 aliphatic rings. The van der Waals surface area contributed by atoms with E-state index in [9.17, 15) is 92.3 Å². The van der Waals surface area contributed by atoms with Crippen molar-refractivity contribution in [3.8, 4) is 23.0 Å². The van der Waals surface area contributed by atoms with Gasteiger partial charge < -0.3 is 123 Å². The molecule has 0 spiro atoms. The molecule has 0 bridgehead atoms. The molecule has 125 heavy (non-hydrogen) atoms. The third-order valence-electron chi connectivity index (χ3n) is 17.3. The first kappa shape index (κ1) is 101. The van der Waals surface area contributed by atoms with Crippen LogP contribution in [0.3, 0.4) is 0 Å². The van der Waals surface area contributed by atoms with Crippen molar-refractivity contribution in [3.05, 3.63) is 210 Å². The van der Waals surface area contributed by atoms with Gasteiger partial charge in [0, 0.05) is 62.6 Å². The molecule has 0 saturated carbocycles. The maximum atomic E-state index is 14.0. The summed E-state index contributed by atoms with van der Waals surface area (Å²) in [5.41, 5.74) is 23.0. The van der Waals surface area contributed by atoms with E-state index in [1.54, 1.807) is 44.2 Å². The van der Waals surface area contributed by atoms with E-state index in [0.717, 1.165) is 33.6 Å². The Balaban J connectivity index is 0.000000296. The quantitative estimate of drug-likeness (QED) is 0.00818. The number of furan rings is 2. The average Bonchev–Trinajstić information content (AvgIpc) is 1.82. The SMILES string of the molecule is CC(Cc1ccc(C(=O)Oc2ccc(C(=N)N)cc2)s1)C(=O)N[C@@H](CC(=O)O)C(O)O.CC(Cc1ccc(C(=O)Oc2ccc(C(=N)N)cc2F)s1)C(=O)N[C@@H](CC(=O)O)C(O)O.CCCC(Cc1ccc(C(=O)Oc2ccc(C(=N)N)cc2)o1)C(=O)N[C@H](CC(=O)O)C(=O)O.N=C(N)c1ccc(OC(=O)c2ccc(C[C@H](O)C[C@@H](CC(=O)O)C(=O)O)o2)cc1. The third kappa shape index (κ3) is 34.5. The number of benzene rings is 4. The molecule has 41 nitrogen and oxygen atoms in total. The molecule has 4 aromatic heterocycles. The topological polar surface area (TPSA) is 743 Å². The summed E-state index contributed by atoms with van der Waals surface area (Å²) < 4.78 is 45.6. The number of ether oxygens (including phenoxy) is 4. The maximum Gasteiger partial charge on any atom is 0.379 e. The Hall–Kier alpha value is -14.4. The number of amides is 3. The van der Waals surface area contributed by atoms with Crippen LogP contribution in [0.5, 0.6) is 23.0 Å². The van der Waals surface area contributed by atoms with Crippen LogP contribution in [0.2, 0.25) is 0 Å². The largest absolute Gasteiger partial charge is 0.481 e. The highest BCUT2D eigenvalue weighted by Crippen LogP contribution is 2.28. The number of hydrogen-bond donors (Lipinski definition) is 22. The molecular formula is C81H90FN11O30S2. The number of carboxylic acid groups (broad SMARTS) is 6. The van der Waals surface area contributed by atoms with Crippen molar-refractivity contribution >= 4 is 123 Å². The van der Waals surface area contributed by atoms with E-state index in [1.165, 1.54) is 103 Å². The van der Waals surface area contributed by atoms with Crippen molar-refractivity contribution in [1.29, 1.82) is 21.6 Å². The number of esters is 4. The summed E-state index contributed by atoms with van der Waals surface area (Å²) in [4.78, 5) is 153. The van der Waals surface area contributed by atoms with Gasteiger partial charge in [-0.15, -0.1) is 22.7 Å². The van der Waals surface area contributed by atoms with Gasteiger partial charge in [0.1, 0.15) is 67.9 Å². The lowest BCUT2D eigenvalue weighted by atomic mass is 9.96. The van der Waals surface area contributed by atoms with E-state index >= 15 is 0 Å². The zero-order valence-corrected chi connectivity index (χ0v) is 68.1. The van der Waals surface area contributed by atoms with Crippen LogP contribution in [0.4, 0.5) is 4.39 Å². The van der Waals surface area contributed by atoms with Gasteiger partial charge in [-0.1, -0.05) is 27.2 Å². The number of hydrogen-bond acceptors (Lipinski definition) is 30. The summed E-state index contributed by atoms with van der Waals surface area (Å²) in [6.07, 6.45) is -6.66. The highest BCUT2D eigenvalue weighted by molar-refractivity contribution is 7.14. The summed E-state index contributed by atoms with van der Waals surface area (Å²) in [6, 6.07) is 29.4. The number of nitrogen functional groups attached to an aromatic ring is 4. The smallest absolute Gasteiger partial charge is 0.379 e. The van der Waals surface area contributed by atoms with Gasteiger partial charge in [-0.2, -0.15) is 0 Å². The minimum atomic E-state index is -2.03. The molecule has 0 aliphatic heterocycles. The fourth-order valence-electron chi connectivity index (χ4n) is 10.9. The van der Waals surface area contributed by atoms with Crippen molar-refractivity contribution in [2.24, 2.45) is 46.6 Å². The number of carbonyl (C=O) groups excluding carboxylic acids is 7. The van der Waals surface area contributed by atoms with Crippen molar-refractivity contribution in [3.63, 3.8) is 0 Å². The second-order valence-corrected chi connectivity index (χ2v) is 29.7. The van der Waals surface area contributed by atoms with Crippen LogP contribution in [0, 0.1) is 51.1 Å². The highest BCUT2D eigenvalue weighted by Gasteiger charge is 2.32. The minimum Gasteiger partial charge on any atom is -0.481 e. The summed E-state index contributed by atoms with van der Waals surface area (Å²) in [5, 5.41) is 136. The lowest BCUT2D eigenvalue weighted by Crippen LogP contribution is -2.46. The predicted octanol–water partition coefficient (Wildman–Crippen LogP) is 4.58. The molecule has 26 N–H and O–H groups in total. The number of carboxylic acids is 6. The lowest BCUT2D eigenvalue weighted by Gasteiger charge is -2.20. The Kier molecular flexibility index (Phi) is 39.5. The number of carbonyl (C=O) groups is 13. The van der Waals surface area contributed by atoms with E-state index in [0.29, 0.717) is 50.8 Å². The molecule has 0 saturated heterocycles. The zero-order chi connectivity index (χ0) is 93.2. The minimum absolute atomic E-state index is 0.0830. The summed E-state index contributed by atoms with van der Waals surface area (Å²) >= 11 is 2.18. The third-order valence-corrected chi connectivity index (χ3v) is 19.5. The van der Waals surface area contributed by atoms with E-state index in [1.807, 2.05) is 6.92 Å². The average molecular weight is 1780 g/mol. The van der Waals surface area contributed by atoms with Crippen molar-refractivity contribution in [1.82, 2.24) is 16.0 Å². The first-order chi connectivity index (χ1) is 58.8. The molecule has 8 atom stereocenters. The summed E-state index contributed by atoms with van der Waals surface area (Å²) in [7, 11) is 0. The van der Waals surface area contributed by atoms with Crippen LogP contribution in [-0.2, 0) is 68.8 Å². The first-order valence-corrected chi connectivity index (χ1v) is 38.8. The maximum absolute atomic E-state index is 14.0. The van der Waals surface area contributed by atoms with Gasteiger partial charge in [0.15, 0.2) is 24.1 Å². The number of thiophene rings is 2. The van der Waals surface area contributed by atoms with Gasteiger partial charge in [0.05, 0.1) is 49.8 Å². The lowest BCUT2D eigenvalue weighted by molar-refractivity contribution is -0.149. The van der Waals surface area contributed by atoms with Crippen molar-refractivity contribution in [2.75, 3.05) is 0 Å². The van der Waals surface area contributed by atoms with Crippen molar-refractivity contribution in [2.45, 2.75) is 128 Å². The Morgan fingerprint density at radius 2 is 0.800 bits per heavy atom. The van der Waals surface area contributed by atoms with Gasteiger partial charge in [-0.3, -0.25) is 60.0 Å². The van der Waals surface area contributed by atoms with E-state index in [-0.39, 0.29) is 100 Å². The molecular weight excluding hydrogens is 1690 g/mol. The second kappa shape index (κ2) is 48.9. The molecule has 668 valence electrons. The van der Waals surface area contributed by atoms with Gasteiger partial charge in [0.25, 0.3) is 0 Å². The van der Waals surface area contributed by atoms with Crippen molar-refractivity contribution < 1.29 is 151 Å². The Labute approximate surface area is 716 Å². The van der Waals surface area contributed by atoms with Gasteiger partial charge >= 0.3 is 59.7 Å². The fourth-order valence-corrected chi connectivity index (χ4v) is 12.9. The zero-order valence-electron chi connectivity index (χ0n) is 66.5. The van der Waals surface area contributed by atoms with Gasteiger partial charge in [-0.25, -0.2) is 28.4 Å².